The molecule has 0 bridgehead atoms. The van der Waals surface area contributed by atoms with Gasteiger partial charge in [0.25, 0.3) is 0 Å². The molecule has 1 rings (SSSR count). The topological polar surface area (TPSA) is 123 Å². The van der Waals surface area contributed by atoms with Gasteiger partial charge in [-0.3, -0.25) is 0 Å². The molecule has 0 saturated heterocycles. The standard InChI is InChI=1S/C12H16N2O6/c1-3-17-11(15)19-9-6-10(8(14)5-7(9)13)20-12(16)18-4-2/h5-6H,3-4,13-14H2,1-2H3. The molecule has 110 valence electrons. The monoisotopic (exact) mass is 284 g/mol. The first-order valence-corrected chi connectivity index (χ1v) is 5.86. The van der Waals surface area contributed by atoms with Crippen LogP contribution in [-0.2, 0) is 9.47 Å². The highest BCUT2D eigenvalue weighted by Gasteiger charge is 2.15. The van der Waals surface area contributed by atoms with Crippen molar-refractivity contribution in [1.82, 2.24) is 0 Å². The summed E-state index contributed by atoms with van der Waals surface area (Å²) < 4.78 is 18.9. The van der Waals surface area contributed by atoms with Gasteiger partial charge in [-0.05, 0) is 19.9 Å². The lowest BCUT2D eigenvalue weighted by atomic mass is 10.2. The molecule has 0 amide bonds. The summed E-state index contributed by atoms with van der Waals surface area (Å²) in [5.74, 6) is -0.0612. The fourth-order valence-electron chi connectivity index (χ4n) is 1.25. The number of benzene rings is 1. The van der Waals surface area contributed by atoms with Crippen LogP contribution in [0.5, 0.6) is 11.5 Å². The average molecular weight is 284 g/mol. The van der Waals surface area contributed by atoms with Crippen LogP contribution in [-0.4, -0.2) is 25.5 Å². The molecule has 0 fully saturated rings. The molecule has 4 N–H and O–H groups in total. The number of hydrogen-bond donors (Lipinski definition) is 2. The van der Waals surface area contributed by atoms with E-state index in [1.54, 1.807) is 13.8 Å². The summed E-state index contributed by atoms with van der Waals surface area (Å²) in [6.45, 7) is 3.56. The van der Waals surface area contributed by atoms with Crippen molar-refractivity contribution in [3.63, 3.8) is 0 Å². The molecule has 0 spiro atoms. The molecule has 0 atom stereocenters. The van der Waals surface area contributed by atoms with Gasteiger partial charge in [0.1, 0.15) is 0 Å². The van der Waals surface area contributed by atoms with Crippen LogP contribution in [0, 0.1) is 0 Å². The summed E-state index contributed by atoms with van der Waals surface area (Å²) in [5.41, 5.74) is 11.5. The SMILES string of the molecule is CCOC(=O)Oc1cc(OC(=O)OCC)c(N)cc1N. The van der Waals surface area contributed by atoms with Crippen molar-refractivity contribution in [2.45, 2.75) is 13.8 Å². The predicted octanol–water partition coefficient (Wildman–Crippen LogP) is 1.92. The minimum absolute atomic E-state index is 0.0306. The van der Waals surface area contributed by atoms with Gasteiger partial charge >= 0.3 is 12.3 Å². The number of carbonyl (C=O) groups excluding carboxylic acids is 2. The molecular formula is C12H16N2O6. The van der Waals surface area contributed by atoms with E-state index < -0.39 is 12.3 Å². The lowest BCUT2D eigenvalue weighted by Crippen LogP contribution is -2.14. The van der Waals surface area contributed by atoms with Gasteiger partial charge < -0.3 is 30.4 Å². The van der Waals surface area contributed by atoms with Crippen LogP contribution in [0.2, 0.25) is 0 Å². The number of rotatable bonds is 4. The summed E-state index contributed by atoms with van der Waals surface area (Å²) in [7, 11) is 0. The van der Waals surface area contributed by atoms with Crippen LogP contribution in [0.1, 0.15) is 13.8 Å². The minimum atomic E-state index is -0.925. The molecule has 8 heteroatoms. The van der Waals surface area contributed by atoms with Crippen LogP contribution in [0.15, 0.2) is 12.1 Å². The van der Waals surface area contributed by atoms with E-state index in [4.69, 9.17) is 20.9 Å². The fraction of sp³-hybridized carbons (Fsp3) is 0.333. The quantitative estimate of drug-likeness (QED) is 0.488. The van der Waals surface area contributed by atoms with Crippen molar-refractivity contribution in [2.75, 3.05) is 24.7 Å². The van der Waals surface area contributed by atoms with Gasteiger partial charge in [-0.15, -0.1) is 0 Å². The molecule has 0 saturated carbocycles. The second-order valence-electron chi connectivity index (χ2n) is 3.50. The number of hydrogen-bond acceptors (Lipinski definition) is 8. The highest BCUT2D eigenvalue weighted by Crippen LogP contribution is 2.33. The Labute approximate surface area is 115 Å². The lowest BCUT2D eigenvalue weighted by Gasteiger charge is -2.11. The number of nitrogen functional groups attached to an aromatic ring is 2. The zero-order chi connectivity index (χ0) is 15.1. The van der Waals surface area contributed by atoms with Crippen molar-refractivity contribution in [3.05, 3.63) is 12.1 Å². The van der Waals surface area contributed by atoms with Gasteiger partial charge in [0.2, 0.25) is 0 Å². The average Bonchev–Trinajstić information content (AvgIpc) is 2.35. The second-order valence-corrected chi connectivity index (χ2v) is 3.50. The van der Waals surface area contributed by atoms with Crippen LogP contribution in [0.4, 0.5) is 21.0 Å². The van der Waals surface area contributed by atoms with E-state index >= 15 is 0 Å². The summed E-state index contributed by atoms with van der Waals surface area (Å²) in [5, 5.41) is 0. The predicted molar refractivity (Wildman–Crippen MR) is 70.6 cm³/mol. The van der Waals surface area contributed by atoms with Crippen molar-refractivity contribution in [3.8, 4) is 11.5 Å². The van der Waals surface area contributed by atoms with E-state index in [0.29, 0.717) is 0 Å². The third-order valence-corrected chi connectivity index (χ3v) is 2.05. The molecule has 8 nitrogen and oxygen atoms in total. The first kappa shape index (κ1) is 15.4. The number of carbonyl (C=O) groups is 2. The third-order valence-electron chi connectivity index (χ3n) is 2.05. The number of anilines is 2. The van der Waals surface area contributed by atoms with Crippen LogP contribution < -0.4 is 20.9 Å². The Kier molecular flexibility index (Phi) is 5.45. The number of ether oxygens (including phenoxy) is 4. The summed E-state index contributed by atoms with van der Waals surface area (Å²) in [4.78, 5) is 22.4. The minimum Gasteiger partial charge on any atom is -0.434 e. The Hall–Kier alpha value is -2.64. The van der Waals surface area contributed by atoms with Gasteiger partial charge in [0.15, 0.2) is 11.5 Å². The molecule has 1 aromatic carbocycles. The maximum atomic E-state index is 11.2. The maximum Gasteiger partial charge on any atom is 0.513 e. The van der Waals surface area contributed by atoms with Crippen LogP contribution in [0.25, 0.3) is 0 Å². The third kappa shape index (κ3) is 4.23. The Bertz CT molecular complexity index is 462. The van der Waals surface area contributed by atoms with E-state index in [1.807, 2.05) is 0 Å². The fourth-order valence-corrected chi connectivity index (χ4v) is 1.25. The van der Waals surface area contributed by atoms with E-state index in [0.717, 1.165) is 0 Å². The molecule has 20 heavy (non-hydrogen) atoms. The van der Waals surface area contributed by atoms with Crippen molar-refractivity contribution < 1.29 is 28.5 Å². The van der Waals surface area contributed by atoms with E-state index in [2.05, 4.69) is 9.47 Å². The van der Waals surface area contributed by atoms with Crippen molar-refractivity contribution in [1.29, 1.82) is 0 Å². The largest absolute Gasteiger partial charge is 0.513 e. The molecule has 0 aromatic heterocycles. The van der Waals surface area contributed by atoms with E-state index in [1.165, 1.54) is 12.1 Å². The van der Waals surface area contributed by atoms with Crippen LogP contribution >= 0.6 is 0 Å². The normalized spacial score (nSPS) is 9.70. The van der Waals surface area contributed by atoms with Gasteiger partial charge in [-0.2, -0.15) is 0 Å². The highest BCUT2D eigenvalue weighted by atomic mass is 16.7. The Morgan fingerprint density at radius 1 is 0.900 bits per heavy atom. The lowest BCUT2D eigenvalue weighted by molar-refractivity contribution is 0.103. The summed E-state index contributed by atoms with van der Waals surface area (Å²) >= 11 is 0. The molecule has 0 radical (unpaired) electrons. The molecule has 0 heterocycles. The first-order valence-electron chi connectivity index (χ1n) is 5.86. The maximum absolute atomic E-state index is 11.2. The molecule has 0 unspecified atom stereocenters. The Balaban J connectivity index is 2.91. The molecule has 1 aromatic rings. The van der Waals surface area contributed by atoms with Gasteiger partial charge in [0, 0.05) is 6.07 Å². The summed E-state index contributed by atoms with van der Waals surface area (Å²) in [6.07, 6.45) is -1.85. The van der Waals surface area contributed by atoms with Crippen molar-refractivity contribution in [2.24, 2.45) is 0 Å². The second kappa shape index (κ2) is 7.07. The zero-order valence-corrected chi connectivity index (χ0v) is 11.2. The number of nitrogens with two attached hydrogens (primary N) is 2. The molecule has 0 aliphatic rings. The molecular weight excluding hydrogens is 268 g/mol. The Morgan fingerprint density at radius 3 is 1.65 bits per heavy atom. The highest BCUT2D eigenvalue weighted by molar-refractivity contribution is 5.75. The zero-order valence-electron chi connectivity index (χ0n) is 11.2. The van der Waals surface area contributed by atoms with Gasteiger partial charge in [-0.25, -0.2) is 9.59 Å². The van der Waals surface area contributed by atoms with E-state index in [9.17, 15) is 9.59 Å². The Morgan fingerprint density at radius 2 is 1.30 bits per heavy atom. The van der Waals surface area contributed by atoms with Crippen molar-refractivity contribution >= 4 is 23.7 Å². The first-order chi connectivity index (χ1) is 9.47. The van der Waals surface area contributed by atoms with E-state index in [-0.39, 0.29) is 36.1 Å². The van der Waals surface area contributed by atoms with Gasteiger partial charge in [-0.1, -0.05) is 0 Å². The molecule has 0 aliphatic heterocycles. The molecule has 0 aliphatic carbocycles. The summed E-state index contributed by atoms with van der Waals surface area (Å²) in [6, 6.07) is 2.50. The van der Waals surface area contributed by atoms with Gasteiger partial charge in [0.05, 0.1) is 24.6 Å². The van der Waals surface area contributed by atoms with Crippen LogP contribution in [0.3, 0.4) is 0 Å². The smallest absolute Gasteiger partial charge is 0.434 e.